The molecule has 1 amide bonds. The van der Waals surface area contributed by atoms with Crippen molar-refractivity contribution in [1.29, 1.82) is 0 Å². The lowest BCUT2D eigenvalue weighted by Gasteiger charge is -2.16. The van der Waals surface area contributed by atoms with Crippen LogP contribution in [-0.2, 0) is 28.9 Å². The molecular weight excluding hydrogens is 254 g/mol. The third-order valence-corrected chi connectivity index (χ3v) is 3.67. The highest BCUT2D eigenvalue weighted by Crippen LogP contribution is 2.22. The number of aryl methyl sites for hydroxylation is 2. The summed E-state index contributed by atoms with van der Waals surface area (Å²) in [7, 11) is 0. The molecule has 2 N–H and O–H groups in total. The molecular formula is C16H21NO3. The van der Waals surface area contributed by atoms with E-state index in [-0.39, 0.29) is 12.3 Å². The first-order chi connectivity index (χ1) is 9.65. The molecule has 1 aliphatic carbocycles. The van der Waals surface area contributed by atoms with Crippen LogP contribution in [0, 0.1) is 0 Å². The third kappa shape index (κ3) is 4.37. The van der Waals surface area contributed by atoms with Gasteiger partial charge in [0.15, 0.2) is 0 Å². The molecule has 0 fully saturated rings. The number of aliphatic carboxylic acids is 1. The number of benzene rings is 1. The van der Waals surface area contributed by atoms with E-state index < -0.39 is 5.97 Å². The molecule has 0 aromatic heterocycles. The molecule has 20 heavy (non-hydrogen) atoms. The van der Waals surface area contributed by atoms with Gasteiger partial charge in [0.25, 0.3) is 0 Å². The van der Waals surface area contributed by atoms with Crippen LogP contribution < -0.4 is 5.32 Å². The molecule has 0 atom stereocenters. The van der Waals surface area contributed by atoms with Gasteiger partial charge in [-0.15, -0.1) is 0 Å². The maximum Gasteiger partial charge on any atom is 0.303 e. The number of hydrogen-bond acceptors (Lipinski definition) is 2. The topological polar surface area (TPSA) is 66.4 Å². The van der Waals surface area contributed by atoms with Gasteiger partial charge in [-0.25, -0.2) is 0 Å². The Labute approximate surface area is 119 Å². The average molecular weight is 275 g/mol. The Morgan fingerprint density at radius 2 is 1.90 bits per heavy atom. The molecule has 0 radical (unpaired) electrons. The summed E-state index contributed by atoms with van der Waals surface area (Å²) in [4.78, 5) is 22.1. The van der Waals surface area contributed by atoms with E-state index in [4.69, 9.17) is 5.11 Å². The fourth-order valence-corrected chi connectivity index (χ4v) is 2.61. The monoisotopic (exact) mass is 275 g/mol. The van der Waals surface area contributed by atoms with Crippen LogP contribution in [0.25, 0.3) is 0 Å². The van der Waals surface area contributed by atoms with Crippen LogP contribution >= 0.6 is 0 Å². The van der Waals surface area contributed by atoms with Crippen molar-refractivity contribution < 1.29 is 14.7 Å². The number of carbonyl (C=O) groups excluding carboxylic acids is 1. The largest absolute Gasteiger partial charge is 0.481 e. The van der Waals surface area contributed by atoms with Gasteiger partial charge in [-0.05, 0) is 48.8 Å². The first-order valence-electron chi connectivity index (χ1n) is 7.24. The Morgan fingerprint density at radius 3 is 2.65 bits per heavy atom. The van der Waals surface area contributed by atoms with Crippen molar-refractivity contribution in [2.24, 2.45) is 0 Å². The molecule has 0 heterocycles. The highest BCUT2D eigenvalue weighted by molar-refractivity contribution is 5.78. The Kier molecular flexibility index (Phi) is 5.16. The quantitative estimate of drug-likeness (QED) is 0.781. The fourth-order valence-electron chi connectivity index (χ4n) is 2.61. The maximum atomic E-state index is 11.8. The van der Waals surface area contributed by atoms with Crippen molar-refractivity contribution in [3.05, 3.63) is 34.9 Å². The van der Waals surface area contributed by atoms with Gasteiger partial charge in [0.05, 0.1) is 6.42 Å². The van der Waals surface area contributed by atoms with Gasteiger partial charge in [0, 0.05) is 13.0 Å². The summed E-state index contributed by atoms with van der Waals surface area (Å²) in [5, 5.41) is 11.3. The van der Waals surface area contributed by atoms with Crippen molar-refractivity contribution in [3.8, 4) is 0 Å². The average Bonchev–Trinajstić information content (AvgIpc) is 2.43. The highest BCUT2D eigenvalue weighted by Gasteiger charge is 2.11. The van der Waals surface area contributed by atoms with E-state index in [1.807, 2.05) is 6.07 Å². The van der Waals surface area contributed by atoms with E-state index in [0.29, 0.717) is 19.4 Å². The smallest absolute Gasteiger partial charge is 0.303 e. The summed E-state index contributed by atoms with van der Waals surface area (Å²) in [6.07, 6.45) is 5.71. The van der Waals surface area contributed by atoms with E-state index >= 15 is 0 Å². The first-order valence-corrected chi connectivity index (χ1v) is 7.24. The lowest BCUT2D eigenvalue weighted by molar-refractivity contribution is -0.137. The minimum Gasteiger partial charge on any atom is -0.481 e. The predicted molar refractivity (Wildman–Crippen MR) is 76.7 cm³/mol. The number of carboxylic acids is 1. The van der Waals surface area contributed by atoms with Gasteiger partial charge in [0.2, 0.25) is 5.91 Å². The van der Waals surface area contributed by atoms with E-state index in [2.05, 4.69) is 17.4 Å². The molecule has 0 unspecified atom stereocenters. The van der Waals surface area contributed by atoms with E-state index in [0.717, 1.165) is 18.4 Å². The number of carbonyl (C=O) groups is 2. The lowest BCUT2D eigenvalue weighted by atomic mass is 9.90. The molecule has 4 nitrogen and oxygen atoms in total. The van der Waals surface area contributed by atoms with Crippen molar-refractivity contribution in [3.63, 3.8) is 0 Å². The fraction of sp³-hybridized carbons (Fsp3) is 0.500. The molecule has 108 valence electrons. The van der Waals surface area contributed by atoms with Crippen LogP contribution in [-0.4, -0.2) is 23.5 Å². The van der Waals surface area contributed by atoms with Crippen molar-refractivity contribution in [2.75, 3.05) is 6.54 Å². The highest BCUT2D eigenvalue weighted by atomic mass is 16.4. The van der Waals surface area contributed by atoms with Crippen LogP contribution in [0.3, 0.4) is 0 Å². The summed E-state index contributed by atoms with van der Waals surface area (Å²) >= 11 is 0. The SMILES string of the molecule is O=C(O)CCCNC(=O)Cc1ccc2c(c1)CCCC2. The Bertz CT molecular complexity index is 496. The zero-order chi connectivity index (χ0) is 14.4. The van der Waals surface area contributed by atoms with Gasteiger partial charge >= 0.3 is 5.97 Å². The molecule has 1 aromatic rings. The molecule has 0 aliphatic heterocycles. The first kappa shape index (κ1) is 14.6. The minimum absolute atomic E-state index is 0.0360. The van der Waals surface area contributed by atoms with E-state index in [1.54, 1.807) is 0 Å². The summed E-state index contributed by atoms with van der Waals surface area (Å²) < 4.78 is 0. The molecule has 1 aromatic carbocycles. The normalized spacial score (nSPS) is 13.6. The Hall–Kier alpha value is -1.84. The molecule has 2 rings (SSSR count). The van der Waals surface area contributed by atoms with E-state index in [9.17, 15) is 9.59 Å². The van der Waals surface area contributed by atoms with Gasteiger partial charge in [0.1, 0.15) is 0 Å². The second-order valence-electron chi connectivity index (χ2n) is 5.33. The van der Waals surface area contributed by atoms with Gasteiger partial charge in [-0.2, -0.15) is 0 Å². The van der Waals surface area contributed by atoms with Crippen LogP contribution in [0.2, 0.25) is 0 Å². The zero-order valence-corrected chi connectivity index (χ0v) is 11.7. The summed E-state index contributed by atoms with van der Waals surface area (Å²) in [6, 6.07) is 6.31. The number of rotatable bonds is 6. The summed E-state index contributed by atoms with van der Waals surface area (Å²) in [5.74, 6) is -0.861. The molecule has 4 heteroatoms. The second-order valence-corrected chi connectivity index (χ2v) is 5.33. The maximum absolute atomic E-state index is 11.8. The third-order valence-electron chi connectivity index (χ3n) is 3.67. The number of carboxylic acid groups (broad SMARTS) is 1. The number of fused-ring (bicyclic) bond motifs is 1. The Morgan fingerprint density at radius 1 is 1.15 bits per heavy atom. The van der Waals surface area contributed by atoms with Crippen LogP contribution in [0.15, 0.2) is 18.2 Å². The van der Waals surface area contributed by atoms with Gasteiger partial charge < -0.3 is 10.4 Å². The second kappa shape index (κ2) is 7.08. The van der Waals surface area contributed by atoms with E-state index in [1.165, 1.54) is 24.0 Å². The van der Waals surface area contributed by atoms with Gasteiger partial charge in [-0.3, -0.25) is 9.59 Å². The standard InChI is InChI=1S/C16H21NO3/c18-15(17-9-3-6-16(19)20)11-12-7-8-13-4-1-2-5-14(13)10-12/h7-8,10H,1-6,9,11H2,(H,17,18)(H,19,20). The predicted octanol–water partition coefficient (Wildman–Crippen LogP) is 2.09. The van der Waals surface area contributed by atoms with Crippen molar-refractivity contribution in [1.82, 2.24) is 5.32 Å². The molecule has 1 aliphatic rings. The lowest BCUT2D eigenvalue weighted by Crippen LogP contribution is -2.26. The van der Waals surface area contributed by atoms with Crippen molar-refractivity contribution >= 4 is 11.9 Å². The van der Waals surface area contributed by atoms with Crippen LogP contribution in [0.4, 0.5) is 0 Å². The van der Waals surface area contributed by atoms with Gasteiger partial charge in [-0.1, -0.05) is 18.2 Å². The number of amides is 1. The molecule has 0 saturated carbocycles. The Balaban J connectivity index is 1.80. The number of nitrogens with one attached hydrogen (secondary N) is 1. The molecule has 0 saturated heterocycles. The summed E-state index contributed by atoms with van der Waals surface area (Å²) in [5.41, 5.74) is 3.84. The van der Waals surface area contributed by atoms with Crippen LogP contribution in [0.1, 0.15) is 42.4 Å². The molecule has 0 bridgehead atoms. The number of hydrogen-bond donors (Lipinski definition) is 2. The molecule has 0 spiro atoms. The van der Waals surface area contributed by atoms with Crippen LogP contribution in [0.5, 0.6) is 0 Å². The minimum atomic E-state index is -0.825. The zero-order valence-electron chi connectivity index (χ0n) is 11.7. The van der Waals surface area contributed by atoms with Crippen molar-refractivity contribution in [2.45, 2.75) is 44.9 Å². The summed E-state index contributed by atoms with van der Waals surface area (Å²) in [6.45, 7) is 0.427.